The number of ether oxygens (including phenoxy) is 1. The van der Waals surface area contributed by atoms with Crippen LogP contribution in [-0.2, 0) is 9.53 Å². The third-order valence-corrected chi connectivity index (χ3v) is 5.35. The van der Waals surface area contributed by atoms with Crippen LogP contribution in [0.2, 0.25) is 0 Å². The van der Waals surface area contributed by atoms with Gasteiger partial charge in [0, 0.05) is 11.8 Å². The molecule has 3 aliphatic carbocycles. The summed E-state index contributed by atoms with van der Waals surface area (Å²) in [6, 6.07) is 0. The third kappa shape index (κ3) is 0.812. The number of fused-ring (bicyclic) bond motifs is 8. The largest absolute Gasteiger partial charge is 0.462 e. The van der Waals surface area contributed by atoms with Gasteiger partial charge in [-0.15, -0.1) is 0 Å². The number of carbonyl (C=O) groups excluding carboxylic acids is 1. The fraction of sp³-hybridized carbons (Fsp3) is 0.769. The number of hydrogen-bond acceptors (Lipinski definition) is 2. The van der Waals surface area contributed by atoms with Gasteiger partial charge in [0.15, 0.2) is 0 Å². The molecular formula is C13H16O2. The van der Waals surface area contributed by atoms with Crippen LogP contribution in [0.5, 0.6) is 0 Å². The van der Waals surface area contributed by atoms with Crippen molar-refractivity contribution in [2.75, 3.05) is 0 Å². The summed E-state index contributed by atoms with van der Waals surface area (Å²) in [5.74, 6) is 3.75. The Morgan fingerprint density at radius 3 is 3.07 bits per heavy atom. The van der Waals surface area contributed by atoms with E-state index in [4.69, 9.17) is 4.74 Å². The summed E-state index contributed by atoms with van der Waals surface area (Å²) < 4.78 is 5.57. The van der Waals surface area contributed by atoms with Gasteiger partial charge in [0.2, 0.25) is 0 Å². The van der Waals surface area contributed by atoms with Crippen LogP contribution in [0.25, 0.3) is 0 Å². The second-order valence-corrected chi connectivity index (χ2v) is 5.74. The molecule has 2 heteroatoms. The molecule has 1 heterocycles. The Balaban J connectivity index is 1.74. The van der Waals surface area contributed by atoms with E-state index in [-0.39, 0.29) is 18.0 Å². The lowest BCUT2D eigenvalue weighted by atomic mass is 9.71. The standard InChI is InChI=1S/C13H16O2/c1-6-11-9-5-10(12(11)15-13(6)14)8-4-2-3-7(8)9/h2,4,6-12H,3,5H2,1H3. The van der Waals surface area contributed by atoms with Gasteiger partial charge in [0.25, 0.3) is 0 Å². The molecule has 2 bridgehead atoms. The van der Waals surface area contributed by atoms with Crippen molar-refractivity contribution in [3.63, 3.8) is 0 Å². The van der Waals surface area contributed by atoms with Crippen LogP contribution in [0.4, 0.5) is 0 Å². The lowest BCUT2D eigenvalue weighted by Gasteiger charge is -2.33. The lowest BCUT2D eigenvalue weighted by Crippen LogP contribution is -2.35. The summed E-state index contributed by atoms with van der Waals surface area (Å²) in [6.07, 6.45) is 7.54. The molecule has 4 aliphatic rings. The maximum atomic E-state index is 11.6. The van der Waals surface area contributed by atoms with Crippen LogP contribution in [0.3, 0.4) is 0 Å². The predicted octanol–water partition coefficient (Wildman–Crippen LogP) is 2.01. The molecule has 15 heavy (non-hydrogen) atoms. The van der Waals surface area contributed by atoms with Gasteiger partial charge in [-0.05, 0) is 30.6 Å². The molecule has 4 rings (SSSR count). The molecule has 2 saturated carbocycles. The van der Waals surface area contributed by atoms with E-state index in [1.54, 1.807) is 0 Å². The molecule has 7 unspecified atom stereocenters. The van der Waals surface area contributed by atoms with E-state index in [9.17, 15) is 4.79 Å². The first-order chi connectivity index (χ1) is 7.27. The first kappa shape index (κ1) is 8.37. The molecule has 1 saturated heterocycles. The minimum Gasteiger partial charge on any atom is -0.462 e. The van der Waals surface area contributed by atoms with Gasteiger partial charge in [-0.2, -0.15) is 0 Å². The fourth-order valence-electron chi connectivity index (χ4n) is 4.80. The highest BCUT2D eigenvalue weighted by Gasteiger charge is 2.64. The molecule has 0 radical (unpaired) electrons. The van der Waals surface area contributed by atoms with Gasteiger partial charge in [-0.1, -0.05) is 19.1 Å². The number of hydrogen-bond donors (Lipinski definition) is 0. The molecule has 0 aromatic rings. The quantitative estimate of drug-likeness (QED) is 0.445. The third-order valence-electron chi connectivity index (χ3n) is 5.35. The zero-order valence-corrected chi connectivity index (χ0v) is 8.93. The normalized spacial score (nSPS) is 59.5. The van der Waals surface area contributed by atoms with Crippen LogP contribution in [-0.4, -0.2) is 12.1 Å². The van der Waals surface area contributed by atoms with Crippen molar-refractivity contribution >= 4 is 5.97 Å². The van der Waals surface area contributed by atoms with Crippen LogP contribution < -0.4 is 0 Å². The topological polar surface area (TPSA) is 26.3 Å². The van der Waals surface area contributed by atoms with Crippen LogP contribution >= 0.6 is 0 Å². The van der Waals surface area contributed by atoms with Gasteiger partial charge in [-0.3, -0.25) is 4.79 Å². The number of carbonyl (C=O) groups is 1. The fourth-order valence-corrected chi connectivity index (χ4v) is 4.80. The van der Waals surface area contributed by atoms with Crippen molar-refractivity contribution in [1.29, 1.82) is 0 Å². The monoisotopic (exact) mass is 204 g/mol. The van der Waals surface area contributed by atoms with Gasteiger partial charge >= 0.3 is 5.97 Å². The van der Waals surface area contributed by atoms with E-state index in [1.807, 2.05) is 0 Å². The first-order valence-electron chi connectivity index (χ1n) is 6.14. The Kier molecular flexibility index (Phi) is 1.38. The van der Waals surface area contributed by atoms with E-state index in [0.717, 1.165) is 17.8 Å². The zero-order valence-electron chi connectivity index (χ0n) is 8.93. The van der Waals surface area contributed by atoms with E-state index in [2.05, 4.69) is 19.1 Å². The van der Waals surface area contributed by atoms with Gasteiger partial charge < -0.3 is 4.74 Å². The van der Waals surface area contributed by atoms with Crippen molar-refractivity contribution in [2.24, 2.45) is 35.5 Å². The summed E-state index contributed by atoms with van der Waals surface area (Å²) in [5, 5.41) is 0. The molecule has 0 aromatic carbocycles. The number of rotatable bonds is 0. The summed E-state index contributed by atoms with van der Waals surface area (Å²) in [4.78, 5) is 11.6. The molecule has 0 N–H and O–H groups in total. The van der Waals surface area contributed by atoms with Crippen molar-refractivity contribution < 1.29 is 9.53 Å². The molecule has 2 nitrogen and oxygen atoms in total. The highest BCUT2D eigenvalue weighted by atomic mass is 16.6. The zero-order chi connectivity index (χ0) is 10.2. The molecule has 1 aliphatic heterocycles. The maximum absolute atomic E-state index is 11.6. The number of esters is 1. The van der Waals surface area contributed by atoms with Gasteiger partial charge in [0.1, 0.15) is 6.10 Å². The van der Waals surface area contributed by atoms with Crippen LogP contribution in [0.1, 0.15) is 19.8 Å². The Morgan fingerprint density at radius 2 is 2.20 bits per heavy atom. The second-order valence-electron chi connectivity index (χ2n) is 5.74. The first-order valence-corrected chi connectivity index (χ1v) is 6.14. The van der Waals surface area contributed by atoms with Crippen molar-refractivity contribution in [1.82, 2.24) is 0 Å². The average molecular weight is 204 g/mol. The molecule has 0 amide bonds. The Morgan fingerprint density at radius 1 is 1.33 bits per heavy atom. The number of allylic oxidation sites excluding steroid dienone is 2. The summed E-state index contributed by atoms with van der Waals surface area (Å²) in [6.45, 7) is 2.06. The van der Waals surface area contributed by atoms with Crippen molar-refractivity contribution in [2.45, 2.75) is 25.9 Å². The average Bonchev–Trinajstić information content (AvgIpc) is 2.87. The summed E-state index contributed by atoms with van der Waals surface area (Å²) in [5.41, 5.74) is 0. The molecule has 0 aromatic heterocycles. The highest BCUT2D eigenvalue weighted by Crippen LogP contribution is 2.63. The van der Waals surface area contributed by atoms with Crippen LogP contribution in [0, 0.1) is 35.5 Å². The van der Waals surface area contributed by atoms with Gasteiger partial charge in [-0.25, -0.2) is 0 Å². The summed E-state index contributed by atoms with van der Waals surface area (Å²) in [7, 11) is 0. The maximum Gasteiger partial charge on any atom is 0.309 e. The van der Waals surface area contributed by atoms with E-state index in [0.29, 0.717) is 11.8 Å². The highest BCUT2D eigenvalue weighted by molar-refractivity contribution is 5.75. The molecule has 3 fully saturated rings. The predicted molar refractivity (Wildman–Crippen MR) is 54.9 cm³/mol. The van der Waals surface area contributed by atoms with E-state index >= 15 is 0 Å². The Bertz CT molecular complexity index is 360. The Labute approximate surface area is 89.7 Å². The minimum atomic E-state index is 0.0589. The van der Waals surface area contributed by atoms with Crippen molar-refractivity contribution in [3.05, 3.63) is 12.2 Å². The van der Waals surface area contributed by atoms with Crippen molar-refractivity contribution in [3.8, 4) is 0 Å². The molecule has 80 valence electrons. The van der Waals surface area contributed by atoms with E-state index in [1.165, 1.54) is 12.8 Å². The van der Waals surface area contributed by atoms with Crippen LogP contribution in [0.15, 0.2) is 12.2 Å². The molecular weight excluding hydrogens is 188 g/mol. The second kappa shape index (κ2) is 2.47. The molecule has 7 atom stereocenters. The smallest absolute Gasteiger partial charge is 0.309 e. The Hall–Kier alpha value is -0.790. The van der Waals surface area contributed by atoms with Gasteiger partial charge in [0.05, 0.1) is 5.92 Å². The SMILES string of the molecule is CC1C(=O)OC2C3CC(C4CC=CC43)C12. The lowest BCUT2D eigenvalue weighted by molar-refractivity contribution is -0.145. The van der Waals surface area contributed by atoms with E-state index < -0.39 is 0 Å². The summed E-state index contributed by atoms with van der Waals surface area (Å²) >= 11 is 0. The molecule has 0 spiro atoms. The minimum absolute atomic E-state index is 0.0589.